The van der Waals surface area contributed by atoms with E-state index >= 15 is 0 Å². The van der Waals surface area contributed by atoms with Crippen molar-refractivity contribution in [2.45, 2.75) is 13.0 Å². The minimum Gasteiger partial charge on any atom is -0.373 e. The van der Waals surface area contributed by atoms with Crippen LogP contribution in [0.1, 0.15) is 5.69 Å². The first-order valence-electron chi connectivity index (χ1n) is 6.58. The van der Waals surface area contributed by atoms with E-state index in [1.165, 1.54) is 0 Å². The van der Waals surface area contributed by atoms with Crippen molar-refractivity contribution in [2.75, 3.05) is 31.1 Å². The summed E-state index contributed by atoms with van der Waals surface area (Å²) in [5.41, 5.74) is 8.51. The molecule has 1 unspecified atom stereocenters. The number of aryl methyl sites for hydroxylation is 1. The molecule has 3 rings (SSSR count). The van der Waals surface area contributed by atoms with Crippen LogP contribution in [-0.4, -0.2) is 42.3 Å². The molecule has 1 atom stereocenters. The van der Waals surface area contributed by atoms with Gasteiger partial charge in [0.1, 0.15) is 0 Å². The highest BCUT2D eigenvalue weighted by Gasteiger charge is 2.22. The summed E-state index contributed by atoms with van der Waals surface area (Å²) in [5.74, 6) is 0.945. The van der Waals surface area contributed by atoms with Crippen LogP contribution in [0.3, 0.4) is 0 Å². The Kier molecular flexibility index (Phi) is 3.31. The minimum atomic E-state index is 0.0846. The van der Waals surface area contributed by atoms with Crippen LogP contribution in [0.15, 0.2) is 24.3 Å². The van der Waals surface area contributed by atoms with E-state index < -0.39 is 0 Å². The lowest BCUT2D eigenvalue weighted by atomic mass is 10.2. The maximum Gasteiger partial charge on any atom is 0.150 e. The van der Waals surface area contributed by atoms with Gasteiger partial charge in [0, 0.05) is 19.6 Å². The second-order valence-electron chi connectivity index (χ2n) is 4.80. The predicted molar refractivity (Wildman–Crippen MR) is 75.3 cm³/mol. The Labute approximate surface area is 112 Å². The van der Waals surface area contributed by atoms with Gasteiger partial charge in [-0.15, -0.1) is 0 Å². The van der Waals surface area contributed by atoms with Crippen molar-refractivity contribution in [3.8, 4) is 0 Å². The molecule has 100 valence electrons. The fraction of sp³-hybridized carbons (Fsp3) is 0.429. The number of anilines is 1. The lowest BCUT2D eigenvalue weighted by molar-refractivity contribution is 0.0462. The number of nitrogens with two attached hydrogens (primary N) is 1. The van der Waals surface area contributed by atoms with Crippen molar-refractivity contribution in [1.29, 1.82) is 0 Å². The molecular formula is C14H18N4O. The number of benzene rings is 1. The third-order valence-electron chi connectivity index (χ3n) is 3.42. The average Bonchev–Trinajstić information content (AvgIpc) is 2.46. The summed E-state index contributed by atoms with van der Waals surface area (Å²) in [7, 11) is 0. The second kappa shape index (κ2) is 5.11. The molecule has 0 bridgehead atoms. The summed E-state index contributed by atoms with van der Waals surface area (Å²) in [6.07, 6.45) is 0.0846. The summed E-state index contributed by atoms with van der Waals surface area (Å²) in [6.45, 7) is 4.85. The average molecular weight is 258 g/mol. The Morgan fingerprint density at radius 1 is 1.32 bits per heavy atom. The fourth-order valence-corrected chi connectivity index (χ4v) is 2.43. The van der Waals surface area contributed by atoms with Gasteiger partial charge in [0.2, 0.25) is 0 Å². The normalized spacial score (nSPS) is 19.9. The monoisotopic (exact) mass is 258 g/mol. The number of para-hydroxylation sites is 2. The summed E-state index contributed by atoms with van der Waals surface area (Å²) >= 11 is 0. The number of morpholine rings is 1. The van der Waals surface area contributed by atoms with Gasteiger partial charge in [-0.2, -0.15) is 0 Å². The molecule has 0 saturated carbocycles. The quantitative estimate of drug-likeness (QED) is 0.874. The molecule has 1 aliphatic rings. The van der Waals surface area contributed by atoms with E-state index in [9.17, 15) is 0 Å². The molecule has 2 aromatic rings. The van der Waals surface area contributed by atoms with Gasteiger partial charge in [-0.3, -0.25) is 0 Å². The fourth-order valence-electron chi connectivity index (χ4n) is 2.43. The topological polar surface area (TPSA) is 64.3 Å². The van der Waals surface area contributed by atoms with Crippen molar-refractivity contribution >= 4 is 16.9 Å². The zero-order chi connectivity index (χ0) is 13.2. The van der Waals surface area contributed by atoms with Gasteiger partial charge in [0.05, 0.1) is 29.4 Å². The highest BCUT2D eigenvalue weighted by Crippen LogP contribution is 2.21. The van der Waals surface area contributed by atoms with Crippen LogP contribution in [0.4, 0.5) is 5.82 Å². The van der Waals surface area contributed by atoms with E-state index in [0.29, 0.717) is 13.2 Å². The molecular weight excluding hydrogens is 240 g/mol. The number of rotatable bonds is 2. The van der Waals surface area contributed by atoms with Gasteiger partial charge in [-0.1, -0.05) is 12.1 Å². The van der Waals surface area contributed by atoms with Crippen molar-refractivity contribution in [2.24, 2.45) is 5.73 Å². The minimum absolute atomic E-state index is 0.0846. The Morgan fingerprint density at radius 2 is 2.05 bits per heavy atom. The molecule has 2 N–H and O–H groups in total. The van der Waals surface area contributed by atoms with E-state index in [0.717, 1.165) is 35.6 Å². The number of hydrogen-bond donors (Lipinski definition) is 1. The van der Waals surface area contributed by atoms with Crippen molar-refractivity contribution in [3.63, 3.8) is 0 Å². The molecule has 2 heterocycles. The van der Waals surface area contributed by atoms with Crippen molar-refractivity contribution < 1.29 is 4.74 Å². The van der Waals surface area contributed by atoms with E-state index in [2.05, 4.69) is 9.88 Å². The van der Waals surface area contributed by atoms with E-state index in [1.807, 2.05) is 31.2 Å². The van der Waals surface area contributed by atoms with Crippen LogP contribution in [0, 0.1) is 6.92 Å². The number of aromatic nitrogens is 2. The Bertz CT molecular complexity index is 587. The lowest BCUT2D eigenvalue weighted by Crippen LogP contribution is -2.46. The van der Waals surface area contributed by atoms with Crippen molar-refractivity contribution in [1.82, 2.24) is 9.97 Å². The molecule has 19 heavy (non-hydrogen) atoms. The molecule has 0 amide bonds. The Balaban J connectivity index is 1.97. The third kappa shape index (κ3) is 2.39. The largest absolute Gasteiger partial charge is 0.373 e. The van der Waals surface area contributed by atoms with E-state index in [-0.39, 0.29) is 6.10 Å². The number of ether oxygens (including phenoxy) is 1. The zero-order valence-corrected chi connectivity index (χ0v) is 11.0. The molecule has 1 fully saturated rings. The summed E-state index contributed by atoms with van der Waals surface area (Å²) in [6, 6.07) is 7.95. The van der Waals surface area contributed by atoms with E-state index in [4.69, 9.17) is 15.5 Å². The van der Waals surface area contributed by atoms with Crippen LogP contribution in [-0.2, 0) is 4.74 Å². The van der Waals surface area contributed by atoms with Gasteiger partial charge in [-0.05, 0) is 19.1 Å². The Hall–Kier alpha value is -1.72. The summed E-state index contributed by atoms with van der Waals surface area (Å²) in [4.78, 5) is 11.6. The highest BCUT2D eigenvalue weighted by molar-refractivity contribution is 5.76. The standard InChI is InChI=1S/C14H18N4O/c1-10-14(18-6-7-19-11(8-15)9-18)17-13-5-3-2-4-12(13)16-10/h2-5,11H,6-9,15H2,1H3. The maximum atomic E-state index is 5.68. The van der Waals surface area contributed by atoms with Gasteiger partial charge < -0.3 is 15.4 Å². The van der Waals surface area contributed by atoms with Gasteiger partial charge in [0.15, 0.2) is 5.82 Å². The van der Waals surface area contributed by atoms with Crippen LogP contribution in [0.5, 0.6) is 0 Å². The maximum absolute atomic E-state index is 5.68. The number of fused-ring (bicyclic) bond motifs is 1. The molecule has 0 radical (unpaired) electrons. The van der Waals surface area contributed by atoms with Crippen LogP contribution >= 0.6 is 0 Å². The predicted octanol–water partition coefficient (Wildman–Crippen LogP) is 1.10. The Morgan fingerprint density at radius 3 is 2.79 bits per heavy atom. The highest BCUT2D eigenvalue weighted by atomic mass is 16.5. The lowest BCUT2D eigenvalue weighted by Gasteiger charge is -2.33. The molecule has 5 heteroatoms. The second-order valence-corrected chi connectivity index (χ2v) is 4.80. The first-order chi connectivity index (χ1) is 9.28. The summed E-state index contributed by atoms with van der Waals surface area (Å²) < 4.78 is 5.59. The van der Waals surface area contributed by atoms with Crippen LogP contribution in [0.2, 0.25) is 0 Å². The van der Waals surface area contributed by atoms with Crippen molar-refractivity contribution in [3.05, 3.63) is 30.0 Å². The van der Waals surface area contributed by atoms with Gasteiger partial charge in [0.25, 0.3) is 0 Å². The molecule has 1 aromatic carbocycles. The smallest absolute Gasteiger partial charge is 0.150 e. The third-order valence-corrected chi connectivity index (χ3v) is 3.42. The van der Waals surface area contributed by atoms with Gasteiger partial charge >= 0.3 is 0 Å². The molecule has 5 nitrogen and oxygen atoms in total. The van der Waals surface area contributed by atoms with Crippen LogP contribution in [0.25, 0.3) is 11.0 Å². The first kappa shape index (κ1) is 12.3. The first-order valence-corrected chi connectivity index (χ1v) is 6.58. The SMILES string of the molecule is Cc1nc2ccccc2nc1N1CCOC(CN)C1. The molecule has 0 spiro atoms. The van der Waals surface area contributed by atoms with E-state index in [1.54, 1.807) is 0 Å². The summed E-state index contributed by atoms with van der Waals surface area (Å²) in [5, 5.41) is 0. The zero-order valence-electron chi connectivity index (χ0n) is 11.0. The number of hydrogen-bond acceptors (Lipinski definition) is 5. The molecule has 1 saturated heterocycles. The van der Waals surface area contributed by atoms with Crippen LogP contribution < -0.4 is 10.6 Å². The molecule has 0 aliphatic carbocycles. The van der Waals surface area contributed by atoms with Gasteiger partial charge in [-0.25, -0.2) is 9.97 Å². The molecule has 1 aromatic heterocycles. The number of nitrogens with zero attached hydrogens (tertiary/aromatic N) is 3. The molecule has 1 aliphatic heterocycles.